The molecule has 0 radical (unpaired) electrons. The maximum atomic E-state index is 11.6. The van der Waals surface area contributed by atoms with Crippen molar-refractivity contribution in [2.24, 2.45) is 11.8 Å². The minimum absolute atomic E-state index is 0.00357. The van der Waals surface area contributed by atoms with E-state index in [0.29, 0.717) is 12.8 Å². The second-order valence-corrected chi connectivity index (χ2v) is 4.99. The van der Waals surface area contributed by atoms with E-state index in [9.17, 15) is 14.4 Å². The summed E-state index contributed by atoms with van der Waals surface area (Å²) in [6, 6.07) is -0.896. The lowest BCUT2D eigenvalue weighted by Crippen LogP contribution is -2.47. The van der Waals surface area contributed by atoms with E-state index >= 15 is 0 Å². The predicted octanol–water partition coefficient (Wildman–Crippen LogP) is 0.725. The van der Waals surface area contributed by atoms with Crippen LogP contribution in [0.5, 0.6) is 0 Å². The van der Waals surface area contributed by atoms with Gasteiger partial charge in [-0.2, -0.15) is 0 Å². The topological polar surface area (TPSA) is 83.5 Å². The summed E-state index contributed by atoms with van der Waals surface area (Å²) >= 11 is 0. The number of ketones is 1. The summed E-state index contributed by atoms with van der Waals surface area (Å²) in [6.45, 7) is 0. The summed E-state index contributed by atoms with van der Waals surface area (Å²) in [6.07, 6.45) is 3.95. The normalized spacial score (nSPS) is 26.4. The average molecular weight is 239 g/mol. The molecular weight excluding hydrogens is 222 g/mol. The van der Waals surface area contributed by atoms with Gasteiger partial charge in [0.25, 0.3) is 0 Å². The van der Waals surface area contributed by atoms with E-state index in [2.05, 4.69) is 5.32 Å². The highest BCUT2D eigenvalue weighted by Gasteiger charge is 2.37. The number of nitrogens with one attached hydrogen (secondary N) is 1. The average Bonchev–Trinajstić information content (AvgIpc) is 3.08. The highest BCUT2D eigenvalue weighted by Crippen LogP contribution is 2.30. The molecule has 5 heteroatoms. The van der Waals surface area contributed by atoms with E-state index in [0.717, 1.165) is 19.3 Å². The summed E-state index contributed by atoms with van der Waals surface area (Å²) in [5.41, 5.74) is 0. The Balaban J connectivity index is 1.97. The molecule has 0 aromatic carbocycles. The highest BCUT2D eigenvalue weighted by atomic mass is 16.4. The van der Waals surface area contributed by atoms with Gasteiger partial charge in [-0.05, 0) is 31.6 Å². The largest absolute Gasteiger partial charge is 0.480 e. The number of Topliss-reactive ketones (excluding diaryl/α,β-unsaturated/α-hetero) is 1. The number of rotatable bonds is 4. The van der Waals surface area contributed by atoms with Crippen LogP contribution in [0.25, 0.3) is 0 Å². The first-order chi connectivity index (χ1) is 8.08. The minimum atomic E-state index is -1.03. The van der Waals surface area contributed by atoms with Crippen LogP contribution in [0.1, 0.15) is 38.5 Å². The molecule has 2 atom stereocenters. The van der Waals surface area contributed by atoms with Crippen molar-refractivity contribution in [3.05, 3.63) is 0 Å². The Hall–Kier alpha value is -1.39. The van der Waals surface area contributed by atoms with Crippen LogP contribution < -0.4 is 5.32 Å². The van der Waals surface area contributed by atoms with Crippen molar-refractivity contribution in [1.82, 2.24) is 5.32 Å². The van der Waals surface area contributed by atoms with Gasteiger partial charge in [-0.25, -0.2) is 4.79 Å². The molecule has 2 aliphatic carbocycles. The molecule has 2 saturated carbocycles. The SMILES string of the molecule is O=C1CCC[C@@H]([C@H](NC(=O)C2CC2)C(=O)O)C1. The third-order valence-corrected chi connectivity index (χ3v) is 3.50. The fourth-order valence-electron chi connectivity index (χ4n) is 2.34. The van der Waals surface area contributed by atoms with Gasteiger partial charge in [-0.15, -0.1) is 0 Å². The van der Waals surface area contributed by atoms with Crippen LogP contribution >= 0.6 is 0 Å². The number of hydrogen-bond acceptors (Lipinski definition) is 3. The lowest BCUT2D eigenvalue weighted by atomic mass is 9.83. The smallest absolute Gasteiger partial charge is 0.326 e. The van der Waals surface area contributed by atoms with Crippen molar-refractivity contribution in [1.29, 1.82) is 0 Å². The maximum absolute atomic E-state index is 11.6. The quantitative estimate of drug-likeness (QED) is 0.757. The van der Waals surface area contributed by atoms with Crippen molar-refractivity contribution in [3.63, 3.8) is 0 Å². The van der Waals surface area contributed by atoms with Crippen LogP contribution in [0.2, 0.25) is 0 Å². The summed E-state index contributed by atoms with van der Waals surface area (Å²) in [7, 11) is 0. The van der Waals surface area contributed by atoms with Crippen LogP contribution in [-0.2, 0) is 14.4 Å². The number of carbonyl (C=O) groups is 3. The third kappa shape index (κ3) is 3.05. The van der Waals surface area contributed by atoms with Gasteiger partial charge in [0.1, 0.15) is 11.8 Å². The minimum Gasteiger partial charge on any atom is -0.480 e. The van der Waals surface area contributed by atoms with Crippen molar-refractivity contribution >= 4 is 17.7 Å². The van der Waals surface area contributed by atoms with E-state index in [1.807, 2.05) is 0 Å². The Morgan fingerprint density at radius 3 is 2.53 bits per heavy atom. The second kappa shape index (κ2) is 4.85. The molecule has 1 amide bonds. The summed E-state index contributed by atoms with van der Waals surface area (Å²) < 4.78 is 0. The molecule has 0 aromatic heterocycles. The zero-order valence-electron chi connectivity index (χ0n) is 9.65. The summed E-state index contributed by atoms with van der Waals surface area (Å²) in [5.74, 6) is -1.34. The molecule has 0 saturated heterocycles. The lowest BCUT2D eigenvalue weighted by molar-refractivity contribution is -0.144. The van der Waals surface area contributed by atoms with Crippen molar-refractivity contribution in [2.75, 3.05) is 0 Å². The van der Waals surface area contributed by atoms with Gasteiger partial charge in [-0.3, -0.25) is 9.59 Å². The van der Waals surface area contributed by atoms with Gasteiger partial charge in [0.05, 0.1) is 0 Å². The Morgan fingerprint density at radius 1 is 1.29 bits per heavy atom. The number of hydrogen-bond donors (Lipinski definition) is 2. The van der Waals surface area contributed by atoms with E-state index in [1.54, 1.807) is 0 Å². The molecule has 2 rings (SSSR count). The van der Waals surface area contributed by atoms with Crippen LogP contribution in [0.4, 0.5) is 0 Å². The van der Waals surface area contributed by atoms with Crippen molar-refractivity contribution < 1.29 is 19.5 Å². The van der Waals surface area contributed by atoms with Gasteiger partial charge < -0.3 is 10.4 Å². The Kier molecular flexibility index (Phi) is 3.45. The molecule has 94 valence electrons. The zero-order chi connectivity index (χ0) is 12.4. The van der Waals surface area contributed by atoms with Crippen LogP contribution in [0.15, 0.2) is 0 Å². The van der Waals surface area contributed by atoms with Gasteiger partial charge >= 0.3 is 5.97 Å². The van der Waals surface area contributed by atoms with Crippen LogP contribution in [-0.4, -0.2) is 28.8 Å². The molecular formula is C12H17NO4. The molecule has 0 aliphatic heterocycles. The molecule has 2 N–H and O–H groups in total. The Labute approximate surface area is 99.6 Å². The Morgan fingerprint density at radius 2 is 2.00 bits per heavy atom. The third-order valence-electron chi connectivity index (χ3n) is 3.50. The predicted molar refractivity (Wildman–Crippen MR) is 59.3 cm³/mol. The number of amides is 1. The van der Waals surface area contributed by atoms with Crippen LogP contribution in [0, 0.1) is 11.8 Å². The van der Waals surface area contributed by atoms with Gasteiger partial charge in [0, 0.05) is 18.8 Å². The standard InChI is InChI=1S/C12H17NO4/c14-9-3-1-2-8(6-9)10(12(16)17)13-11(15)7-4-5-7/h7-8,10H,1-6H2,(H,13,15)(H,16,17)/t8-,10+/m1/s1. The molecule has 17 heavy (non-hydrogen) atoms. The molecule has 0 bridgehead atoms. The number of carboxylic acids is 1. The number of carbonyl (C=O) groups excluding carboxylic acids is 2. The summed E-state index contributed by atoms with van der Waals surface area (Å²) in [5, 5.41) is 11.7. The maximum Gasteiger partial charge on any atom is 0.326 e. The fraction of sp³-hybridized carbons (Fsp3) is 0.750. The lowest BCUT2D eigenvalue weighted by Gasteiger charge is -2.27. The van der Waals surface area contributed by atoms with Gasteiger partial charge in [0.15, 0.2) is 0 Å². The monoisotopic (exact) mass is 239 g/mol. The van der Waals surface area contributed by atoms with Crippen molar-refractivity contribution in [2.45, 2.75) is 44.6 Å². The number of aliphatic carboxylic acids is 1. The zero-order valence-corrected chi connectivity index (χ0v) is 9.65. The molecule has 0 unspecified atom stereocenters. The molecule has 0 spiro atoms. The van der Waals surface area contributed by atoms with E-state index < -0.39 is 12.0 Å². The second-order valence-electron chi connectivity index (χ2n) is 4.99. The first kappa shape index (κ1) is 12.1. The molecule has 5 nitrogen and oxygen atoms in total. The first-order valence-corrected chi connectivity index (χ1v) is 6.13. The molecule has 0 aromatic rings. The van der Waals surface area contributed by atoms with Gasteiger partial charge in [0.2, 0.25) is 5.91 Å². The molecule has 0 heterocycles. The fourth-order valence-corrected chi connectivity index (χ4v) is 2.34. The van der Waals surface area contributed by atoms with Crippen molar-refractivity contribution in [3.8, 4) is 0 Å². The van der Waals surface area contributed by atoms with Gasteiger partial charge in [-0.1, -0.05) is 0 Å². The first-order valence-electron chi connectivity index (χ1n) is 6.13. The molecule has 2 aliphatic rings. The number of carboxylic acid groups (broad SMARTS) is 1. The molecule has 2 fully saturated rings. The van der Waals surface area contributed by atoms with E-state index in [4.69, 9.17) is 5.11 Å². The Bertz CT molecular complexity index is 348. The highest BCUT2D eigenvalue weighted by molar-refractivity contribution is 5.87. The van der Waals surface area contributed by atoms with E-state index in [1.165, 1.54) is 0 Å². The van der Waals surface area contributed by atoms with Crippen LogP contribution in [0.3, 0.4) is 0 Å². The van der Waals surface area contributed by atoms with E-state index in [-0.39, 0.29) is 29.9 Å². The summed E-state index contributed by atoms with van der Waals surface area (Å²) in [4.78, 5) is 34.1.